The van der Waals surface area contributed by atoms with Gasteiger partial charge in [-0.2, -0.15) is 0 Å². The van der Waals surface area contributed by atoms with Gasteiger partial charge in [-0.3, -0.25) is 10.1 Å². The summed E-state index contributed by atoms with van der Waals surface area (Å²) in [7, 11) is 0. The number of rotatable bonds is 3. The Morgan fingerprint density at radius 2 is 2.27 bits per heavy atom. The summed E-state index contributed by atoms with van der Waals surface area (Å²) in [6.07, 6.45) is -1.49. The van der Waals surface area contributed by atoms with Crippen LogP contribution in [0.15, 0.2) is 18.2 Å². The summed E-state index contributed by atoms with van der Waals surface area (Å²) in [5.41, 5.74) is 0.0941. The molecule has 0 saturated heterocycles. The topological polar surface area (TPSA) is 89.7 Å². The van der Waals surface area contributed by atoms with Crippen molar-refractivity contribution in [3.8, 4) is 5.75 Å². The first-order valence-electron chi connectivity index (χ1n) is 3.78. The molecule has 0 fully saturated rings. The first-order chi connectivity index (χ1) is 7.04. The van der Waals surface area contributed by atoms with Crippen molar-refractivity contribution in [3.05, 3.63) is 33.9 Å². The molecule has 0 spiro atoms. The Morgan fingerprint density at radius 1 is 1.60 bits per heavy atom. The normalized spacial score (nSPS) is 9.67. The standard InChI is InChI=1S/C8H6ClNO5/c9-4-5-3-6(10(13)14)1-2-7(5)15-8(11)12/h1-3H,4H2,(H,11,12). The largest absolute Gasteiger partial charge is 0.511 e. The summed E-state index contributed by atoms with van der Waals surface area (Å²) >= 11 is 5.50. The van der Waals surface area contributed by atoms with Gasteiger partial charge in [0.05, 0.1) is 10.8 Å². The zero-order chi connectivity index (χ0) is 11.4. The molecular weight excluding hydrogens is 226 g/mol. The number of nitro groups is 1. The van der Waals surface area contributed by atoms with E-state index in [2.05, 4.69) is 4.74 Å². The molecule has 1 aromatic carbocycles. The van der Waals surface area contributed by atoms with Gasteiger partial charge in [0.25, 0.3) is 5.69 Å². The Bertz CT molecular complexity index is 406. The van der Waals surface area contributed by atoms with Crippen LogP contribution < -0.4 is 4.74 Å². The SMILES string of the molecule is O=C(O)Oc1ccc([N+](=O)[O-])cc1CCl. The average Bonchev–Trinajstić information content (AvgIpc) is 2.17. The molecule has 1 rings (SSSR count). The maximum atomic E-state index is 10.4. The van der Waals surface area contributed by atoms with E-state index >= 15 is 0 Å². The zero-order valence-electron chi connectivity index (χ0n) is 7.34. The Balaban J connectivity index is 3.08. The van der Waals surface area contributed by atoms with Gasteiger partial charge in [-0.05, 0) is 6.07 Å². The summed E-state index contributed by atoms with van der Waals surface area (Å²) < 4.78 is 4.38. The molecule has 0 atom stereocenters. The molecule has 0 unspecified atom stereocenters. The van der Waals surface area contributed by atoms with Crippen molar-refractivity contribution >= 4 is 23.4 Å². The molecule has 0 amide bonds. The second kappa shape index (κ2) is 4.61. The quantitative estimate of drug-likeness (QED) is 0.284. The van der Waals surface area contributed by atoms with Crippen molar-refractivity contribution in [3.63, 3.8) is 0 Å². The molecule has 0 aromatic heterocycles. The Labute approximate surface area is 89.2 Å². The lowest BCUT2D eigenvalue weighted by atomic mass is 10.2. The first-order valence-corrected chi connectivity index (χ1v) is 4.32. The van der Waals surface area contributed by atoms with Crippen LogP contribution in [0.5, 0.6) is 5.75 Å². The van der Waals surface area contributed by atoms with Crippen molar-refractivity contribution in [2.45, 2.75) is 5.88 Å². The van der Waals surface area contributed by atoms with Gasteiger partial charge in [0.15, 0.2) is 0 Å². The highest BCUT2D eigenvalue weighted by molar-refractivity contribution is 6.17. The van der Waals surface area contributed by atoms with Crippen LogP contribution in [-0.2, 0) is 5.88 Å². The van der Waals surface area contributed by atoms with Gasteiger partial charge in [-0.1, -0.05) is 0 Å². The van der Waals surface area contributed by atoms with Crippen LogP contribution in [0.4, 0.5) is 10.5 Å². The highest BCUT2D eigenvalue weighted by Crippen LogP contribution is 2.25. The predicted octanol–water partition coefficient (Wildman–Crippen LogP) is 2.39. The number of carbonyl (C=O) groups is 1. The summed E-state index contributed by atoms with van der Waals surface area (Å²) in [6.45, 7) is 0. The lowest BCUT2D eigenvalue weighted by Crippen LogP contribution is -2.05. The minimum Gasteiger partial charge on any atom is -0.449 e. The highest BCUT2D eigenvalue weighted by Gasteiger charge is 2.12. The molecule has 1 N–H and O–H groups in total. The summed E-state index contributed by atoms with van der Waals surface area (Å²) in [5.74, 6) is -0.0623. The van der Waals surface area contributed by atoms with E-state index in [0.717, 1.165) is 6.07 Å². The lowest BCUT2D eigenvalue weighted by Gasteiger charge is -2.04. The second-order valence-electron chi connectivity index (χ2n) is 2.55. The van der Waals surface area contributed by atoms with E-state index in [1.54, 1.807) is 0 Å². The van der Waals surface area contributed by atoms with Gasteiger partial charge >= 0.3 is 6.16 Å². The monoisotopic (exact) mass is 231 g/mol. The van der Waals surface area contributed by atoms with Crippen molar-refractivity contribution in [1.82, 2.24) is 0 Å². The molecule has 15 heavy (non-hydrogen) atoms. The molecule has 0 heterocycles. The average molecular weight is 232 g/mol. The van der Waals surface area contributed by atoms with E-state index in [0.29, 0.717) is 0 Å². The van der Waals surface area contributed by atoms with E-state index in [1.165, 1.54) is 12.1 Å². The Hall–Kier alpha value is -1.82. The number of ether oxygens (including phenoxy) is 1. The Kier molecular flexibility index (Phi) is 3.46. The molecule has 1 aromatic rings. The number of hydrogen-bond acceptors (Lipinski definition) is 4. The van der Waals surface area contributed by atoms with E-state index in [1.807, 2.05) is 0 Å². The van der Waals surface area contributed by atoms with Crippen molar-refractivity contribution in [1.29, 1.82) is 0 Å². The number of hydrogen-bond donors (Lipinski definition) is 1. The number of halogens is 1. The zero-order valence-corrected chi connectivity index (χ0v) is 8.10. The number of carboxylic acid groups (broad SMARTS) is 1. The maximum Gasteiger partial charge on any atom is 0.511 e. The van der Waals surface area contributed by atoms with Crippen LogP contribution in [0.3, 0.4) is 0 Å². The van der Waals surface area contributed by atoms with Crippen LogP contribution in [-0.4, -0.2) is 16.2 Å². The summed E-state index contributed by atoms with van der Waals surface area (Å²) in [5, 5.41) is 18.8. The number of nitro benzene ring substituents is 1. The van der Waals surface area contributed by atoms with Gasteiger partial charge in [-0.15, -0.1) is 11.6 Å². The van der Waals surface area contributed by atoms with Gasteiger partial charge in [0.1, 0.15) is 5.75 Å². The second-order valence-corrected chi connectivity index (χ2v) is 2.82. The van der Waals surface area contributed by atoms with Gasteiger partial charge in [0, 0.05) is 17.7 Å². The van der Waals surface area contributed by atoms with E-state index in [9.17, 15) is 14.9 Å². The molecule has 0 saturated carbocycles. The fourth-order valence-corrected chi connectivity index (χ4v) is 1.19. The molecule has 0 aliphatic carbocycles. The third kappa shape index (κ3) is 2.81. The van der Waals surface area contributed by atoms with Crippen LogP contribution in [0.2, 0.25) is 0 Å². The van der Waals surface area contributed by atoms with Gasteiger partial charge in [-0.25, -0.2) is 4.79 Å². The molecule has 0 aliphatic heterocycles. The molecular formula is C8H6ClNO5. The fourth-order valence-electron chi connectivity index (χ4n) is 0.977. The molecule has 6 nitrogen and oxygen atoms in total. The number of non-ortho nitro benzene ring substituents is 1. The lowest BCUT2D eigenvalue weighted by molar-refractivity contribution is -0.384. The minimum atomic E-state index is -1.49. The van der Waals surface area contributed by atoms with Gasteiger partial charge in [0.2, 0.25) is 0 Å². The van der Waals surface area contributed by atoms with E-state index < -0.39 is 11.1 Å². The van der Waals surface area contributed by atoms with Crippen LogP contribution in [0.25, 0.3) is 0 Å². The highest BCUT2D eigenvalue weighted by atomic mass is 35.5. The third-order valence-corrected chi connectivity index (χ3v) is 1.88. The smallest absolute Gasteiger partial charge is 0.449 e. The van der Waals surface area contributed by atoms with Crippen LogP contribution in [0.1, 0.15) is 5.56 Å². The van der Waals surface area contributed by atoms with E-state index in [4.69, 9.17) is 16.7 Å². The van der Waals surface area contributed by atoms with Crippen LogP contribution in [0, 0.1) is 10.1 Å². The number of alkyl halides is 1. The van der Waals surface area contributed by atoms with Crippen molar-refractivity contribution in [2.75, 3.05) is 0 Å². The summed E-state index contributed by atoms with van der Waals surface area (Å²) in [6, 6.07) is 3.52. The first kappa shape index (κ1) is 11.3. The molecule has 0 radical (unpaired) electrons. The van der Waals surface area contributed by atoms with Crippen LogP contribution >= 0.6 is 11.6 Å². The van der Waals surface area contributed by atoms with Crippen molar-refractivity contribution < 1.29 is 19.6 Å². The van der Waals surface area contributed by atoms with Crippen molar-refractivity contribution in [2.24, 2.45) is 0 Å². The number of benzene rings is 1. The maximum absolute atomic E-state index is 10.4. The molecule has 80 valence electrons. The third-order valence-electron chi connectivity index (χ3n) is 1.60. The fraction of sp³-hybridized carbons (Fsp3) is 0.125. The van der Waals surface area contributed by atoms with Gasteiger partial charge < -0.3 is 9.84 Å². The number of nitrogens with zero attached hydrogens (tertiary/aromatic N) is 1. The molecule has 0 bridgehead atoms. The Morgan fingerprint density at radius 3 is 2.73 bits per heavy atom. The predicted molar refractivity (Wildman–Crippen MR) is 51.3 cm³/mol. The minimum absolute atomic E-state index is 0.00287. The molecule has 7 heteroatoms. The molecule has 0 aliphatic rings. The van der Waals surface area contributed by atoms with E-state index in [-0.39, 0.29) is 22.9 Å². The summed E-state index contributed by atoms with van der Waals surface area (Å²) in [4.78, 5) is 20.1.